The third-order valence-corrected chi connectivity index (χ3v) is 3.67. The fourth-order valence-corrected chi connectivity index (χ4v) is 2.39. The number of carbonyl (C=O) groups excluding carboxylic acids is 2. The molecule has 2 aromatic rings. The van der Waals surface area contributed by atoms with Gasteiger partial charge in [0.15, 0.2) is 11.5 Å². The highest BCUT2D eigenvalue weighted by Crippen LogP contribution is 2.29. The average Bonchev–Trinajstić information content (AvgIpc) is 2.71. The molecule has 0 saturated heterocycles. The first-order valence-electron chi connectivity index (χ1n) is 8.72. The molecule has 0 spiro atoms. The first kappa shape index (κ1) is 21.9. The molecule has 1 N–H and O–H groups in total. The molecule has 2 aromatic carbocycles. The molecule has 0 radical (unpaired) electrons. The zero-order valence-corrected chi connectivity index (χ0v) is 15.9. The number of carbonyl (C=O) groups is 2. The summed E-state index contributed by atoms with van der Waals surface area (Å²) in [6.45, 7) is -1.26. The molecule has 9 heteroatoms. The number of ether oxygens (including phenoxy) is 4. The van der Waals surface area contributed by atoms with Gasteiger partial charge in [-0.25, -0.2) is 0 Å². The molecule has 7 nitrogen and oxygen atoms in total. The van der Waals surface area contributed by atoms with Crippen molar-refractivity contribution in [1.82, 2.24) is 5.32 Å². The van der Waals surface area contributed by atoms with E-state index in [1.54, 1.807) is 31.2 Å². The molecular formula is C20H21F2NO6. The average molecular weight is 409 g/mol. The van der Waals surface area contributed by atoms with Gasteiger partial charge in [-0.15, -0.1) is 0 Å². The lowest BCUT2D eigenvalue weighted by Crippen LogP contribution is -2.30. The molecule has 0 bridgehead atoms. The third-order valence-electron chi connectivity index (χ3n) is 3.67. The molecular weight excluding hydrogens is 388 g/mol. The smallest absolute Gasteiger partial charge is 0.387 e. The molecule has 0 atom stereocenters. The number of amides is 1. The topological polar surface area (TPSA) is 83.1 Å². The molecule has 2 rings (SSSR count). The Balaban J connectivity index is 1.88. The second-order valence-corrected chi connectivity index (χ2v) is 5.64. The molecule has 0 aliphatic carbocycles. The Morgan fingerprint density at radius 3 is 2.52 bits per heavy atom. The van der Waals surface area contributed by atoms with Crippen LogP contribution in [-0.2, 0) is 16.1 Å². The molecule has 29 heavy (non-hydrogen) atoms. The van der Waals surface area contributed by atoms with Crippen molar-refractivity contribution in [2.24, 2.45) is 0 Å². The zero-order valence-electron chi connectivity index (χ0n) is 15.9. The Labute approximate surface area is 166 Å². The first-order chi connectivity index (χ1) is 13.9. The molecule has 1 amide bonds. The number of halogens is 2. The van der Waals surface area contributed by atoms with Crippen LogP contribution in [0.1, 0.15) is 22.8 Å². The van der Waals surface area contributed by atoms with Crippen molar-refractivity contribution < 1.29 is 37.3 Å². The maximum absolute atomic E-state index is 12.3. The molecule has 0 heterocycles. The molecule has 0 unspecified atom stereocenters. The normalized spacial score (nSPS) is 10.4. The lowest BCUT2D eigenvalue weighted by Gasteiger charge is -2.12. The maximum atomic E-state index is 12.3. The maximum Gasteiger partial charge on any atom is 0.387 e. The standard InChI is InChI=1S/C20H21F2NO6/c1-3-27-15-7-5-4-6-14(15)19(25)23-11-18(24)28-12-13-8-9-16(29-20(21)22)17(10-13)26-2/h4-10,20H,3,11-12H2,1-2H3,(H,23,25). The van der Waals surface area contributed by atoms with Gasteiger partial charge in [0.05, 0.1) is 19.3 Å². The van der Waals surface area contributed by atoms with E-state index in [0.717, 1.165) is 0 Å². The number of benzene rings is 2. The van der Waals surface area contributed by atoms with Crippen molar-refractivity contribution in [2.75, 3.05) is 20.3 Å². The number of para-hydroxylation sites is 1. The second kappa shape index (κ2) is 10.8. The van der Waals surface area contributed by atoms with E-state index >= 15 is 0 Å². The van der Waals surface area contributed by atoms with Crippen molar-refractivity contribution in [1.29, 1.82) is 0 Å². The van der Waals surface area contributed by atoms with Crippen molar-refractivity contribution >= 4 is 11.9 Å². The van der Waals surface area contributed by atoms with Gasteiger partial charge in [-0.2, -0.15) is 8.78 Å². The van der Waals surface area contributed by atoms with Crippen molar-refractivity contribution in [2.45, 2.75) is 20.1 Å². The van der Waals surface area contributed by atoms with Crippen LogP contribution >= 0.6 is 0 Å². The van der Waals surface area contributed by atoms with Crippen molar-refractivity contribution in [3.8, 4) is 17.2 Å². The molecule has 156 valence electrons. The van der Waals surface area contributed by atoms with E-state index in [9.17, 15) is 18.4 Å². The van der Waals surface area contributed by atoms with Gasteiger partial charge in [-0.1, -0.05) is 18.2 Å². The van der Waals surface area contributed by atoms with E-state index in [0.29, 0.717) is 23.5 Å². The van der Waals surface area contributed by atoms with Gasteiger partial charge in [0.25, 0.3) is 5.91 Å². The van der Waals surface area contributed by atoms with Gasteiger partial charge in [0.1, 0.15) is 18.9 Å². The van der Waals surface area contributed by atoms with Crippen molar-refractivity contribution in [3.05, 3.63) is 53.6 Å². The van der Waals surface area contributed by atoms with E-state index in [4.69, 9.17) is 14.2 Å². The summed E-state index contributed by atoms with van der Waals surface area (Å²) in [6, 6.07) is 10.8. The van der Waals surface area contributed by atoms with Crippen LogP contribution in [0, 0.1) is 0 Å². The summed E-state index contributed by atoms with van der Waals surface area (Å²) in [5, 5.41) is 2.47. The number of alkyl halides is 2. The highest BCUT2D eigenvalue weighted by atomic mass is 19.3. The number of hydrogen-bond acceptors (Lipinski definition) is 6. The summed E-state index contributed by atoms with van der Waals surface area (Å²) in [7, 11) is 1.30. The summed E-state index contributed by atoms with van der Waals surface area (Å²) >= 11 is 0. The Kier molecular flexibility index (Phi) is 8.20. The fourth-order valence-electron chi connectivity index (χ4n) is 2.39. The van der Waals surface area contributed by atoms with E-state index in [1.165, 1.54) is 25.3 Å². The minimum Gasteiger partial charge on any atom is -0.493 e. The summed E-state index contributed by atoms with van der Waals surface area (Å²) in [5.41, 5.74) is 0.811. The highest BCUT2D eigenvalue weighted by molar-refractivity contribution is 5.98. The molecule has 0 saturated carbocycles. The summed E-state index contributed by atoms with van der Waals surface area (Å²) in [5.74, 6) is -0.767. The summed E-state index contributed by atoms with van der Waals surface area (Å²) in [6.07, 6.45) is 0. The van der Waals surface area contributed by atoms with Crippen LogP contribution in [0.15, 0.2) is 42.5 Å². The van der Waals surface area contributed by atoms with E-state index in [1.807, 2.05) is 0 Å². The van der Waals surface area contributed by atoms with Gasteiger partial charge in [-0.3, -0.25) is 9.59 Å². The Morgan fingerprint density at radius 1 is 1.07 bits per heavy atom. The zero-order chi connectivity index (χ0) is 21.2. The lowest BCUT2D eigenvalue weighted by molar-refractivity contribution is -0.143. The van der Waals surface area contributed by atoms with Crippen LogP contribution in [0.3, 0.4) is 0 Å². The minimum absolute atomic E-state index is 0.0830. The van der Waals surface area contributed by atoms with Crippen LogP contribution in [0.25, 0.3) is 0 Å². The number of methoxy groups -OCH3 is 1. The number of nitrogens with one attached hydrogen (secondary N) is 1. The first-order valence-corrected chi connectivity index (χ1v) is 8.72. The van der Waals surface area contributed by atoms with Crippen LogP contribution in [0.2, 0.25) is 0 Å². The van der Waals surface area contributed by atoms with Crippen LogP contribution in [-0.4, -0.2) is 38.7 Å². The minimum atomic E-state index is -2.98. The van der Waals surface area contributed by atoms with Crippen LogP contribution in [0.5, 0.6) is 17.2 Å². The Hall–Kier alpha value is -3.36. The number of hydrogen-bond donors (Lipinski definition) is 1. The monoisotopic (exact) mass is 409 g/mol. The molecule has 0 aliphatic rings. The SMILES string of the molecule is CCOc1ccccc1C(=O)NCC(=O)OCc1ccc(OC(F)F)c(OC)c1. The quantitative estimate of drug-likeness (QED) is 0.607. The van der Waals surface area contributed by atoms with E-state index in [2.05, 4.69) is 10.1 Å². The largest absolute Gasteiger partial charge is 0.493 e. The lowest BCUT2D eigenvalue weighted by atomic mass is 10.2. The third kappa shape index (κ3) is 6.63. The summed E-state index contributed by atoms with van der Waals surface area (Å²) in [4.78, 5) is 24.1. The van der Waals surface area contributed by atoms with Gasteiger partial charge >= 0.3 is 12.6 Å². The molecule has 0 fully saturated rings. The van der Waals surface area contributed by atoms with Crippen molar-refractivity contribution in [3.63, 3.8) is 0 Å². The predicted octanol–water partition coefficient (Wildman–Crippen LogP) is 3.17. The number of rotatable bonds is 10. The van der Waals surface area contributed by atoms with Crippen LogP contribution < -0.4 is 19.5 Å². The highest BCUT2D eigenvalue weighted by Gasteiger charge is 2.15. The van der Waals surface area contributed by atoms with E-state index in [-0.39, 0.29) is 24.7 Å². The Morgan fingerprint density at radius 2 is 1.83 bits per heavy atom. The van der Waals surface area contributed by atoms with Gasteiger partial charge < -0.3 is 24.3 Å². The summed E-state index contributed by atoms with van der Waals surface area (Å²) < 4.78 is 44.5. The predicted molar refractivity (Wildman–Crippen MR) is 99.4 cm³/mol. The fraction of sp³-hybridized carbons (Fsp3) is 0.300. The molecule has 0 aliphatic heterocycles. The van der Waals surface area contributed by atoms with Gasteiger partial charge in [0, 0.05) is 0 Å². The van der Waals surface area contributed by atoms with Crippen LogP contribution in [0.4, 0.5) is 8.78 Å². The number of esters is 1. The second-order valence-electron chi connectivity index (χ2n) is 5.64. The Bertz CT molecular complexity index is 843. The van der Waals surface area contributed by atoms with Gasteiger partial charge in [0.2, 0.25) is 0 Å². The van der Waals surface area contributed by atoms with E-state index < -0.39 is 18.5 Å². The molecule has 0 aromatic heterocycles. The van der Waals surface area contributed by atoms with Gasteiger partial charge in [-0.05, 0) is 36.8 Å².